The zero-order chi connectivity index (χ0) is 16.4. The topological polar surface area (TPSA) is 31.2 Å². The van der Waals surface area contributed by atoms with Crippen LogP contribution < -0.4 is 9.80 Å². The molecule has 0 amide bonds. The van der Waals surface area contributed by atoms with Gasteiger partial charge in [0.25, 0.3) is 0 Å². The van der Waals surface area contributed by atoms with Crippen LogP contribution in [0.3, 0.4) is 0 Å². The second-order valence-electron chi connectivity index (χ2n) is 6.84. The highest BCUT2D eigenvalue weighted by molar-refractivity contribution is 5.56. The Kier molecular flexibility index (Phi) is 4.07. The summed E-state index contributed by atoms with van der Waals surface area (Å²) in [6.07, 6.45) is 1.25. The van der Waals surface area contributed by atoms with E-state index >= 15 is 0 Å². The molecule has 3 rings (SSSR count). The largest absolute Gasteiger partial charge is 0.378 e. The van der Waals surface area contributed by atoms with E-state index in [0.29, 0.717) is 0 Å². The molecule has 1 saturated heterocycles. The molecule has 1 aliphatic rings. The van der Waals surface area contributed by atoms with Gasteiger partial charge < -0.3 is 9.80 Å². The molecule has 0 unspecified atom stereocenters. The first-order chi connectivity index (χ1) is 11.0. The van der Waals surface area contributed by atoms with E-state index in [4.69, 9.17) is 0 Å². The first-order valence-corrected chi connectivity index (χ1v) is 8.02. The fourth-order valence-corrected chi connectivity index (χ4v) is 2.78. The number of hydrogen-bond donors (Lipinski definition) is 0. The molecule has 120 valence electrons. The normalized spacial score (nSPS) is 16.4. The highest BCUT2D eigenvalue weighted by Gasteiger charge is 2.35. The molecule has 2 aromatic carbocycles. The molecule has 0 N–H and O–H groups in total. The zero-order valence-corrected chi connectivity index (χ0v) is 14.3. The second kappa shape index (κ2) is 6.03. The summed E-state index contributed by atoms with van der Waals surface area (Å²) in [5.74, 6) is 0. The van der Waals surface area contributed by atoms with E-state index in [1.54, 1.807) is 0 Å². The maximum Gasteiger partial charge on any atom is 0.0858 e. The van der Waals surface area contributed by atoms with Crippen LogP contribution in [0.25, 0.3) is 0 Å². The highest BCUT2D eigenvalue weighted by atomic mass is 15.2. The Balaban J connectivity index is 1.68. The van der Waals surface area contributed by atoms with Crippen LogP contribution in [0, 0.1) is 0 Å². The minimum absolute atomic E-state index is 0.275. The predicted octanol–water partition coefficient (Wildman–Crippen LogP) is 5.16. The molecule has 0 aromatic heterocycles. The summed E-state index contributed by atoms with van der Waals surface area (Å²) >= 11 is 0. The molecule has 1 heterocycles. The summed E-state index contributed by atoms with van der Waals surface area (Å²) in [6, 6.07) is 16.4. The molecule has 1 fully saturated rings. The molecular weight excluding hydrogens is 284 g/mol. The lowest BCUT2D eigenvalue weighted by molar-refractivity contribution is 0.332. The van der Waals surface area contributed by atoms with Crippen molar-refractivity contribution in [2.75, 3.05) is 30.4 Å². The molecule has 4 heteroatoms. The van der Waals surface area contributed by atoms with Crippen molar-refractivity contribution in [1.29, 1.82) is 0 Å². The van der Waals surface area contributed by atoms with Crippen molar-refractivity contribution >= 4 is 22.7 Å². The lowest BCUT2D eigenvalue weighted by Crippen LogP contribution is -2.56. The van der Waals surface area contributed by atoms with E-state index in [1.807, 2.05) is 50.5 Å². The number of hydrogen-bond acceptors (Lipinski definition) is 4. The van der Waals surface area contributed by atoms with Gasteiger partial charge in [-0.15, -0.1) is 0 Å². The van der Waals surface area contributed by atoms with Gasteiger partial charge in [0.15, 0.2) is 0 Å². The predicted molar refractivity (Wildman–Crippen MR) is 97.4 cm³/mol. The molecule has 4 nitrogen and oxygen atoms in total. The van der Waals surface area contributed by atoms with Crippen LogP contribution in [0.1, 0.15) is 20.3 Å². The fourth-order valence-electron chi connectivity index (χ4n) is 2.78. The van der Waals surface area contributed by atoms with Crippen LogP contribution >= 0.6 is 0 Å². The van der Waals surface area contributed by atoms with E-state index in [0.717, 1.165) is 23.6 Å². The fraction of sp³-hybridized carbons (Fsp3) is 0.368. The maximum absolute atomic E-state index is 4.32. The number of anilines is 2. The number of benzene rings is 2. The summed E-state index contributed by atoms with van der Waals surface area (Å²) in [4.78, 5) is 4.49. The second-order valence-corrected chi connectivity index (χ2v) is 6.84. The number of azo groups is 1. The Morgan fingerprint density at radius 3 is 1.78 bits per heavy atom. The third kappa shape index (κ3) is 3.36. The van der Waals surface area contributed by atoms with Gasteiger partial charge in [-0.1, -0.05) is 0 Å². The van der Waals surface area contributed by atoms with Gasteiger partial charge in [-0.3, -0.25) is 0 Å². The molecule has 1 aliphatic heterocycles. The van der Waals surface area contributed by atoms with Gasteiger partial charge in [-0.25, -0.2) is 0 Å². The van der Waals surface area contributed by atoms with Crippen LogP contribution in [0.5, 0.6) is 0 Å². The van der Waals surface area contributed by atoms with Crippen molar-refractivity contribution in [2.45, 2.75) is 25.8 Å². The summed E-state index contributed by atoms with van der Waals surface area (Å²) < 4.78 is 0. The Hall–Kier alpha value is -2.36. The third-order valence-electron chi connectivity index (χ3n) is 4.49. The van der Waals surface area contributed by atoms with Crippen LogP contribution in [0.2, 0.25) is 0 Å². The maximum atomic E-state index is 4.32. The number of rotatable bonds is 4. The lowest BCUT2D eigenvalue weighted by atomic mass is 9.88. The summed E-state index contributed by atoms with van der Waals surface area (Å²) in [7, 11) is 4.05. The van der Waals surface area contributed by atoms with E-state index in [2.05, 4.69) is 46.0 Å². The zero-order valence-electron chi connectivity index (χ0n) is 14.3. The monoisotopic (exact) mass is 308 g/mol. The Labute approximate surface area is 138 Å². The van der Waals surface area contributed by atoms with Gasteiger partial charge >= 0.3 is 0 Å². The van der Waals surface area contributed by atoms with E-state index in [1.165, 1.54) is 12.1 Å². The molecule has 2 aromatic rings. The average Bonchev–Trinajstić information content (AvgIpc) is 2.53. The van der Waals surface area contributed by atoms with Crippen LogP contribution in [-0.4, -0.2) is 26.2 Å². The Morgan fingerprint density at radius 2 is 1.39 bits per heavy atom. The standard InChI is InChI=1S/C19H24N4/c1-19(2)13-14-23(19)18-11-7-16(8-12-18)21-20-15-5-9-17(10-6-15)22(3)4/h5-12H,13-14H2,1-4H3. The van der Waals surface area contributed by atoms with Crippen LogP contribution in [0.15, 0.2) is 58.8 Å². The molecular formula is C19H24N4. The van der Waals surface area contributed by atoms with Crippen molar-refractivity contribution < 1.29 is 0 Å². The summed E-state index contributed by atoms with van der Waals surface area (Å²) in [5.41, 5.74) is 4.44. The first kappa shape index (κ1) is 15.5. The van der Waals surface area contributed by atoms with E-state index in [9.17, 15) is 0 Å². The molecule has 0 radical (unpaired) electrons. The quantitative estimate of drug-likeness (QED) is 0.731. The van der Waals surface area contributed by atoms with E-state index < -0.39 is 0 Å². The van der Waals surface area contributed by atoms with Gasteiger partial charge in [-0.2, -0.15) is 10.2 Å². The average molecular weight is 308 g/mol. The van der Waals surface area contributed by atoms with Crippen molar-refractivity contribution in [1.82, 2.24) is 0 Å². The molecule has 0 atom stereocenters. The smallest absolute Gasteiger partial charge is 0.0858 e. The van der Waals surface area contributed by atoms with Gasteiger partial charge in [0, 0.05) is 37.6 Å². The van der Waals surface area contributed by atoms with Crippen LogP contribution in [-0.2, 0) is 0 Å². The van der Waals surface area contributed by atoms with Gasteiger partial charge in [0.2, 0.25) is 0 Å². The molecule has 0 saturated carbocycles. The van der Waals surface area contributed by atoms with Gasteiger partial charge in [-0.05, 0) is 68.8 Å². The van der Waals surface area contributed by atoms with E-state index in [-0.39, 0.29) is 5.54 Å². The van der Waals surface area contributed by atoms with Crippen LogP contribution in [0.4, 0.5) is 22.7 Å². The highest BCUT2D eigenvalue weighted by Crippen LogP contribution is 2.35. The van der Waals surface area contributed by atoms with Gasteiger partial charge in [0.1, 0.15) is 0 Å². The van der Waals surface area contributed by atoms with Crippen molar-refractivity contribution in [3.05, 3.63) is 48.5 Å². The molecule has 0 aliphatic carbocycles. The SMILES string of the molecule is CN(C)c1ccc(N=Nc2ccc(N3CCC3(C)C)cc2)cc1. The molecule has 0 spiro atoms. The minimum Gasteiger partial charge on any atom is -0.378 e. The first-order valence-electron chi connectivity index (χ1n) is 8.02. The van der Waals surface area contributed by atoms with Crippen molar-refractivity contribution in [3.8, 4) is 0 Å². The van der Waals surface area contributed by atoms with Gasteiger partial charge in [0.05, 0.1) is 11.4 Å². The Bertz CT molecular complexity index is 684. The summed E-state index contributed by atoms with van der Waals surface area (Å²) in [5, 5.41) is 8.63. The third-order valence-corrected chi connectivity index (χ3v) is 4.49. The molecule has 0 bridgehead atoms. The molecule has 23 heavy (non-hydrogen) atoms. The number of nitrogens with zero attached hydrogens (tertiary/aromatic N) is 4. The summed E-state index contributed by atoms with van der Waals surface area (Å²) in [6.45, 7) is 5.69. The van der Waals surface area contributed by atoms with Crippen molar-refractivity contribution in [3.63, 3.8) is 0 Å². The minimum atomic E-state index is 0.275. The Morgan fingerprint density at radius 1 is 0.870 bits per heavy atom. The van der Waals surface area contributed by atoms with Crippen molar-refractivity contribution in [2.24, 2.45) is 10.2 Å². The lowest BCUT2D eigenvalue weighted by Gasteiger charge is -2.50.